The molecule has 0 saturated heterocycles. The van der Waals surface area contributed by atoms with Crippen molar-refractivity contribution in [3.8, 4) is 0 Å². The molecule has 2 heterocycles. The Morgan fingerprint density at radius 1 is 1.28 bits per heavy atom. The van der Waals surface area contributed by atoms with Crippen molar-refractivity contribution >= 4 is 17.0 Å². The van der Waals surface area contributed by atoms with Gasteiger partial charge >= 0.3 is 0 Å². The Bertz CT molecular complexity index is 881. The Labute approximate surface area is 146 Å². The van der Waals surface area contributed by atoms with Crippen LogP contribution in [-0.2, 0) is 13.0 Å². The molecule has 25 heavy (non-hydrogen) atoms. The van der Waals surface area contributed by atoms with E-state index in [-0.39, 0.29) is 5.91 Å². The number of amides is 1. The van der Waals surface area contributed by atoms with Crippen LogP contribution in [0.4, 0.5) is 0 Å². The van der Waals surface area contributed by atoms with Gasteiger partial charge in [0.1, 0.15) is 5.52 Å². The molecule has 0 spiro atoms. The molecular weight excluding hydrogens is 320 g/mol. The van der Waals surface area contributed by atoms with Crippen LogP contribution in [0, 0.1) is 12.8 Å². The molecule has 0 N–H and O–H groups in total. The van der Waals surface area contributed by atoms with Gasteiger partial charge in [0, 0.05) is 25.5 Å². The van der Waals surface area contributed by atoms with Crippen LogP contribution in [0.5, 0.6) is 0 Å². The third-order valence-corrected chi connectivity index (χ3v) is 3.84. The minimum absolute atomic E-state index is 0.103. The summed E-state index contributed by atoms with van der Waals surface area (Å²) in [4.78, 5) is 23.1. The van der Waals surface area contributed by atoms with Crippen LogP contribution in [0.2, 0.25) is 0 Å². The highest BCUT2D eigenvalue weighted by Crippen LogP contribution is 2.18. The number of oxazole rings is 1. The van der Waals surface area contributed by atoms with E-state index in [1.165, 1.54) is 0 Å². The van der Waals surface area contributed by atoms with E-state index in [4.69, 9.17) is 8.94 Å². The fraction of sp³-hybridized carbons (Fsp3) is 0.444. The summed E-state index contributed by atoms with van der Waals surface area (Å²) in [5.74, 6) is 2.04. The second-order valence-corrected chi connectivity index (χ2v) is 6.44. The van der Waals surface area contributed by atoms with Gasteiger partial charge in [-0.3, -0.25) is 4.79 Å². The summed E-state index contributed by atoms with van der Waals surface area (Å²) in [6.07, 6.45) is 0.731. The van der Waals surface area contributed by atoms with Crippen LogP contribution >= 0.6 is 0 Å². The monoisotopic (exact) mass is 342 g/mol. The van der Waals surface area contributed by atoms with Crippen molar-refractivity contribution < 1.29 is 13.7 Å². The molecule has 0 unspecified atom stereocenters. The highest BCUT2D eigenvalue weighted by Gasteiger charge is 2.19. The predicted molar refractivity (Wildman–Crippen MR) is 92.0 cm³/mol. The zero-order chi connectivity index (χ0) is 18.0. The van der Waals surface area contributed by atoms with Gasteiger partial charge in [-0.05, 0) is 31.0 Å². The molecule has 0 saturated carbocycles. The molecule has 0 radical (unpaired) electrons. The van der Waals surface area contributed by atoms with Crippen molar-refractivity contribution in [1.29, 1.82) is 0 Å². The van der Waals surface area contributed by atoms with Crippen LogP contribution < -0.4 is 0 Å². The fourth-order valence-electron chi connectivity index (χ4n) is 2.64. The highest BCUT2D eigenvalue weighted by molar-refractivity contribution is 5.97. The van der Waals surface area contributed by atoms with Crippen molar-refractivity contribution in [2.45, 2.75) is 40.7 Å². The molecule has 3 aromatic rings. The lowest BCUT2D eigenvalue weighted by molar-refractivity contribution is 0.0747. The minimum atomic E-state index is -0.103. The van der Waals surface area contributed by atoms with E-state index in [0.29, 0.717) is 47.8 Å². The zero-order valence-electron chi connectivity index (χ0n) is 14.9. The summed E-state index contributed by atoms with van der Waals surface area (Å²) in [5, 5.41) is 3.98. The number of carbonyl (C=O) groups is 1. The molecular formula is C18H22N4O3. The van der Waals surface area contributed by atoms with Crippen LogP contribution in [0.25, 0.3) is 11.1 Å². The van der Waals surface area contributed by atoms with Gasteiger partial charge in [0.25, 0.3) is 5.91 Å². The Morgan fingerprint density at radius 3 is 2.80 bits per heavy atom. The van der Waals surface area contributed by atoms with Crippen molar-refractivity contribution in [3.63, 3.8) is 0 Å². The first-order valence-electron chi connectivity index (χ1n) is 8.44. The molecule has 0 fully saturated rings. The van der Waals surface area contributed by atoms with Gasteiger partial charge in [0.15, 0.2) is 17.3 Å². The third-order valence-electron chi connectivity index (χ3n) is 3.84. The number of carbonyl (C=O) groups excluding carboxylic acids is 1. The molecule has 0 atom stereocenters. The molecule has 132 valence electrons. The van der Waals surface area contributed by atoms with E-state index >= 15 is 0 Å². The maximum Gasteiger partial charge on any atom is 0.254 e. The Hall–Kier alpha value is -2.70. The van der Waals surface area contributed by atoms with Crippen LogP contribution in [-0.4, -0.2) is 32.5 Å². The molecule has 0 aliphatic heterocycles. The standard InChI is InChI=1S/C18H22N4O3/c1-5-22(10-16-20-17(25-21-16)8-11(2)3)18(23)13-6-7-14-15(9-13)24-12(4)19-14/h6-7,9,11H,5,8,10H2,1-4H3. The van der Waals surface area contributed by atoms with Gasteiger partial charge in [-0.2, -0.15) is 4.98 Å². The number of hydrogen-bond acceptors (Lipinski definition) is 6. The van der Waals surface area contributed by atoms with Crippen molar-refractivity contribution in [3.05, 3.63) is 41.4 Å². The first kappa shape index (κ1) is 17.1. The smallest absolute Gasteiger partial charge is 0.254 e. The van der Waals surface area contributed by atoms with Crippen LogP contribution in [0.1, 0.15) is 48.7 Å². The predicted octanol–water partition coefficient (Wildman–Crippen LogP) is 3.38. The topological polar surface area (TPSA) is 85.3 Å². The van der Waals surface area contributed by atoms with E-state index in [1.807, 2.05) is 6.92 Å². The number of benzene rings is 1. The second-order valence-electron chi connectivity index (χ2n) is 6.44. The molecule has 1 aromatic carbocycles. The van der Waals surface area contributed by atoms with Crippen molar-refractivity contribution in [1.82, 2.24) is 20.0 Å². The molecule has 7 nitrogen and oxygen atoms in total. The van der Waals surface area contributed by atoms with E-state index < -0.39 is 0 Å². The average molecular weight is 342 g/mol. The molecule has 0 bridgehead atoms. The quantitative estimate of drug-likeness (QED) is 0.682. The van der Waals surface area contributed by atoms with Gasteiger partial charge in [-0.1, -0.05) is 19.0 Å². The third kappa shape index (κ3) is 3.87. The summed E-state index contributed by atoms with van der Waals surface area (Å²) in [6.45, 7) is 8.74. The number of nitrogens with zero attached hydrogens (tertiary/aromatic N) is 4. The van der Waals surface area contributed by atoms with E-state index in [0.717, 1.165) is 11.9 Å². The summed E-state index contributed by atoms with van der Waals surface area (Å²) < 4.78 is 10.8. The van der Waals surface area contributed by atoms with Crippen LogP contribution in [0.15, 0.2) is 27.1 Å². The number of aryl methyl sites for hydroxylation is 1. The SMILES string of the molecule is CCN(Cc1noc(CC(C)C)n1)C(=O)c1ccc2nc(C)oc2c1. The highest BCUT2D eigenvalue weighted by atomic mass is 16.5. The van der Waals surface area contributed by atoms with Crippen molar-refractivity contribution in [2.24, 2.45) is 5.92 Å². The maximum atomic E-state index is 12.8. The Morgan fingerprint density at radius 2 is 2.08 bits per heavy atom. The number of aromatic nitrogens is 3. The largest absolute Gasteiger partial charge is 0.441 e. The summed E-state index contributed by atoms with van der Waals surface area (Å²) in [5.41, 5.74) is 1.91. The Balaban J connectivity index is 1.76. The van der Waals surface area contributed by atoms with Crippen LogP contribution in [0.3, 0.4) is 0 Å². The first-order chi connectivity index (χ1) is 12.0. The minimum Gasteiger partial charge on any atom is -0.441 e. The molecule has 7 heteroatoms. The summed E-state index contributed by atoms with van der Waals surface area (Å²) >= 11 is 0. The lowest BCUT2D eigenvalue weighted by Crippen LogP contribution is -2.30. The molecule has 2 aromatic heterocycles. The number of rotatable bonds is 6. The van der Waals surface area contributed by atoms with Gasteiger partial charge in [0.05, 0.1) is 6.54 Å². The van der Waals surface area contributed by atoms with E-state index in [9.17, 15) is 4.79 Å². The zero-order valence-corrected chi connectivity index (χ0v) is 14.9. The molecule has 0 aliphatic rings. The fourth-order valence-corrected chi connectivity index (χ4v) is 2.64. The van der Waals surface area contributed by atoms with Gasteiger partial charge in [0.2, 0.25) is 5.89 Å². The average Bonchev–Trinajstić information content (AvgIpc) is 3.15. The molecule has 1 amide bonds. The molecule has 0 aliphatic carbocycles. The summed E-state index contributed by atoms with van der Waals surface area (Å²) in [6, 6.07) is 5.28. The number of fused-ring (bicyclic) bond motifs is 1. The van der Waals surface area contributed by atoms with E-state index in [2.05, 4.69) is 29.0 Å². The number of hydrogen-bond donors (Lipinski definition) is 0. The lowest BCUT2D eigenvalue weighted by Gasteiger charge is -2.18. The second kappa shape index (κ2) is 7.04. The van der Waals surface area contributed by atoms with Crippen molar-refractivity contribution in [2.75, 3.05) is 6.54 Å². The maximum absolute atomic E-state index is 12.8. The van der Waals surface area contributed by atoms with Gasteiger partial charge in [-0.25, -0.2) is 4.98 Å². The summed E-state index contributed by atoms with van der Waals surface area (Å²) in [7, 11) is 0. The Kier molecular flexibility index (Phi) is 4.83. The van der Waals surface area contributed by atoms with Gasteiger partial charge in [-0.15, -0.1) is 0 Å². The van der Waals surface area contributed by atoms with E-state index in [1.54, 1.807) is 30.0 Å². The lowest BCUT2D eigenvalue weighted by atomic mass is 10.1. The normalized spacial score (nSPS) is 11.4. The molecule has 3 rings (SSSR count). The van der Waals surface area contributed by atoms with Gasteiger partial charge < -0.3 is 13.8 Å². The first-order valence-corrected chi connectivity index (χ1v) is 8.44.